The van der Waals surface area contributed by atoms with E-state index >= 15 is 0 Å². The van der Waals surface area contributed by atoms with Crippen LogP contribution >= 0.6 is 0 Å². The molecule has 1 unspecified atom stereocenters. The first-order chi connectivity index (χ1) is 4.20. The van der Waals surface area contributed by atoms with Crippen LogP contribution in [0.4, 0.5) is 0 Å². The molecule has 0 saturated heterocycles. The third-order valence-corrected chi connectivity index (χ3v) is 0.966. The van der Waals surface area contributed by atoms with Crippen molar-refractivity contribution >= 4 is 0 Å². The fourth-order valence-corrected chi connectivity index (χ4v) is 0.463. The van der Waals surface area contributed by atoms with Crippen molar-refractivity contribution < 1.29 is 20.4 Å². The third-order valence-electron chi connectivity index (χ3n) is 0.966. The molecule has 0 bridgehead atoms. The van der Waals surface area contributed by atoms with Crippen LogP contribution in [0.5, 0.6) is 0 Å². The zero-order chi connectivity index (χ0) is 7.28. The van der Waals surface area contributed by atoms with Crippen molar-refractivity contribution in [2.75, 3.05) is 13.2 Å². The molecule has 0 radical (unpaired) electrons. The second-order valence-electron chi connectivity index (χ2n) is 1.91. The van der Waals surface area contributed by atoms with E-state index in [0.717, 1.165) is 0 Å². The van der Waals surface area contributed by atoms with E-state index in [2.05, 4.69) is 0 Å². The second-order valence-corrected chi connectivity index (χ2v) is 1.91. The van der Waals surface area contributed by atoms with Gasteiger partial charge in [0.05, 0.1) is 25.4 Å². The molecule has 0 spiro atoms. The van der Waals surface area contributed by atoms with Crippen LogP contribution in [-0.4, -0.2) is 45.8 Å². The molecule has 4 heteroatoms. The van der Waals surface area contributed by atoms with E-state index in [-0.39, 0.29) is 19.6 Å². The summed E-state index contributed by atoms with van der Waals surface area (Å²) in [5, 5.41) is 33.7. The van der Waals surface area contributed by atoms with Crippen molar-refractivity contribution in [1.82, 2.24) is 0 Å². The smallest absolute Gasteiger partial charge is 0.0796 e. The Bertz CT molecular complexity index is 58.0. The Balaban J connectivity index is 3.22. The van der Waals surface area contributed by atoms with E-state index in [1.165, 1.54) is 0 Å². The number of hydrogen-bond donors (Lipinski definition) is 4. The topological polar surface area (TPSA) is 80.9 Å². The monoisotopic (exact) mass is 136 g/mol. The van der Waals surface area contributed by atoms with Gasteiger partial charge in [0.15, 0.2) is 0 Å². The van der Waals surface area contributed by atoms with E-state index in [1.54, 1.807) is 0 Å². The molecule has 0 aliphatic rings. The van der Waals surface area contributed by atoms with E-state index in [0.29, 0.717) is 0 Å². The lowest BCUT2D eigenvalue weighted by atomic mass is 10.2. The lowest BCUT2D eigenvalue weighted by Gasteiger charge is -2.09. The molecular formula is C5H12O4. The van der Waals surface area contributed by atoms with Crippen LogP contribution in [0.25, 0.3) is 0 Å². The van der Waals surface area contributed by atoms with Crippen molar-refractivity contribution in [3.8, 4) is 0 Å². The molecule has 2 atom stereocenters. The summed E-state index contributed by atoms with van der Waals surface area (Å²) in [6, 6.07) is 0. The maximum atomic E-state index is 8.64. The Morgan fingerprint density at radius 1 is 0.889 bits per heavy atom. The minimum Gasteiger partial charge on any atom is -0.394 e. The summed E-state index contributed by atoms with van der Waals surface area (Å²) in [6.45, 7) is -0.756. The lowest BCUT2D eigenvalue weighted by molar-refractivity contribution is 0.0182. The minimum absolute atomic E-state index is 0.0208. The highest BCUT2D eigenvalue weighted by molar-refractivity contribution is 4.59. The first-order valence-corrected chi connectivity index (χ1v) is 2.78. The van der Waals surface area contributed by atoms with Crippen molar-refractivity contribution in [1.29, 1.82) is 0 Å². The Morgan fingerprint density at radius 2 is 1.22 bits per heavy atom. The Hall–Kier alpha value is -0.160. The number of aliphatic hydroxyl groups excluding tert-OH is 4. The van der Waals surface area contributed by atoms with Gasteiger partial charge in [-0.25, -0.2) is 0 Å². The average molecular weight is 136 g/mol. The van der Waals surface area contributed by atoms with Crippen LogP contribution in [0, 0.1) is 0 Å². The number of aliphatic hydroxyl groups is 4. The van der Waals surface area contributed by atoms with Gasteiger partial charge in [-0.05, 0) is 0 Å². The fourth-order valence-electron chi connectivity index (χ4n) is 0.463. The third kappa shape index (κ3) is 4.35. The molecule has 9 heavy (non-hydrogen) atoms. The molecule has 0 aromatic heterocycles. The Labute approximate surface area is 53.4 Å². The molecule has 4 N–H and O–H groups in total. The summed E-state index contributed by atoms with van der Waals surface area (Å²) in [7, 11) is 0. The SMILES string of the molecule is OCC(O)C[C@@H](O)CO. The zero-order valence-electron chi connectivity index (χ0n) is 5.06. The van der Waals surface area contributed by atoms with Crippen molar-refractivity contribution in [3.63, 3.8) is 0 Å². The molecular weight excluding hydrogens is 124 g/mol. The predicted octanol–water partition coefficient (Wildman–Crippen LogP) is -1.92. The van der Waals surface area contributed by atoms with Gasteiger partial charge in [-0.3, -0.25) is 0 Å². The average Bonchev–Trinajstić information content (AvgIpc) is 1.87. The standard InChI is InChI=1S/C5H12O4/c6-2-4(8)1-5(9)3-7/h4-9H,1-3H2/t4-,5?/m1/s1. The highest BCUT2D eigenvalue weighted by Gasteiger charge is 2.08. The summed E-state index contributed by atoms with van der Waals surface area (Å²) in [4.78, 5) is 0. The van der Waals surface area contributed by atoms with Gasteiger partial charge in [-0.1, -0.05) is 0 Å². The Kier molecular flexibility index (Phi) is 4.61. The van der Waals surface area contributed by atoms with Crippen LogP contribution in [0.1, 0.15) is 6.42 Å². The molecule has 0 rings (SSSR count). The van der Waals surface area contributed by atoms with Crippen molar-refractivity contribution in [3.05, 3.63) is 0 Å². The van der Waals surface area contributed by atoms with Gasteiger partial charge in [0.25, 0.3) is 0 Å². The first-order valence-electron chi connectivity index (χ1n) is 2.78. The molecule has 0 aliphatic heterocycles. The summed E-state index contributed by atoms with van der Waals surface area (Å²) in [5.74, 6) is 0. The van der Waals surface area contributed by atoms with E-state index in [1.807, 2.05) is 0 Å². The van der Waals surface area contributed by atoms with Gasteiger partial charge in [0.1, 0.15) is 0 Å². The van der Waals surface area contributed by atoms with E-state index < -0.39 is 12.2 Å². The normalized spacial score (nSPS) is 17.3. The summed E-state index contributed by atoms with van der Waals surface area (Å²) in [6.07, 6.45) is -1.83. The quantitative estimate of drug-likeness (QED) is 0.363. The van der Waals surface area contributed by atoms with Crippen LogP contribution in [0.3, 0.4) is 0 Å². The van der Waals surface area contributed by atoms with Gasteiger partial charge in [0, 0.05) is 6.42 Å². The van der Waals surface area contributed by atoms with Gasteiger partial charge < -0.3 is 20.4 Å². The summed E-state index contributed by atoms with van der Waals surface area (Å²) < 4.78 is 0. The number of hydrogen-bond acceptors (Lipinski definition) is 4. The molecule has 0 heterocycles. The lowest BCUT2D eigenvalue weighted by Crippen LogP contribution is -2.23. The van der Waals surface area contributed by atoms with Crippen LogP contribution in [0.2, 0.25) is 0 Å². The minimum atomic E-state index is -0.924. The summed E-state index contributed by atoms with van der Waals surface area (Å²) >= 11 is 0. The fraction of sp³-hybridized carbons (Fsp3) is 1.00. The zero-order valence-corrected chi connectivity index (χ0v) is 5.06. The highest BCUT2D eigenvalue weighted by Crippen LogP contribution is 1.95. The Morgan fingerprint density at radius 3 is 1.44 bits per heavy atom. The van der Waals surface area contributed by atoms with Crippen molar-refractivity contribution in [2.24, 2.45) is 0 Å². The second kappa shape index (κ2) is 4.69. The molecule has 0 fully saturated rings. The van der Waals surface area contributed by atoms with Gasteiger partial charge in [0.2, 0.25) is 0 Å². The van der Waals surface area contributed by atoms with Gasteiger partial charge >= 0.3 is 0 Å². The molecule has 56 valence electrons. The molecule has 0 amide bonds. The van der Waals surface area contributed by atoms with Crippen LogP contribution in [-0.2, 0) is 0 Å². The maximum absolute atomic E-state index is 8.64. The van der Waals surface area contributed by atoms with Crippen molar-refractivity contribution in [2.45, 2.75) is 18.6 Å². The molecule has 0 saturated carbocycles. The van der Waals surface area contributed by atoms with E-state index in [9.17, 15) is 0 Å². The predicted molar refractivity (Wildman–Crippen MR) is 30.8 cm³/mol. The van der Waals surface area contributed by atoms with Crippen LogP contribution < -0.4 is 0 Å². The largest absolute Gasteiger partial charge is 0.394 e. The molecule has 0 aromatic carbocycles. The summed E-state index contributed by atoms with van der Waals surface area (Å²) in [5.41, 5.74) is 0. The number of rotatable bonds is 4. The first kappa shape index (κ1) is 8.84. The molecule has 0 aromatic rings. The molecule has 4 nitrogen and oxygen atoms in total. The molecule has 0 aliphatic carbocycles. The maximum Gasteiger partial charge on any atom is 0.0796 e. The van der Waals surface area contributed by atoms with E-state index in [4.69, 9.17) is 20.4 Å². The van der Waals surface area contributed by atoms with Gasteiger partial charge in [-0.2, -0.15) is 0 Å². The van der Waals surface area contributed by atoms with Gasteiger partial charge in [-0.15, -0.1) is 0 Å². The van der Waals surface area contributed by atoms with Crippen LogP contribution in [0.15, 0.2) is 0 Å². The highest BCUT2D eigenvalue weighted by atomic mass is 16.3.